The maximum absolute atomic E-state index is 13.6. The van der Waals surface area contributed by atoms with E-state index in [4.69, 9.17) is 0 Å². The normalized spacial score (nSPS) is 12.0. The molecule has 0 aromatic heterocycles. The predicted molar refractivity (Wildman–Crippen MR) is 76.2 cm³/mol. The molecule has 4 nitrogen and oxygen atoms in total. The molecule has 0 aliphatic rings. The van der Waals surface area contributed by atoms with Gasteiger partial charge >= 0.3 is 0 Å². The summed E-state index contributed by atoms with van der Waals surface area (Å²) in [6.45, 7) is 3.37. The monoisotopic (exact) mass is 292 g/mol. The first-order valence-electron chi connectivity index (χ1n) is 6.35. The standard InChI is InChI=1S/C15H14F2N2O2/c1-9-3-4-11(7-15(9)19(20)21)10(2)18-14-8-12(16)5-6-13(14)17/h3-8,10,18H,1-2H3. The highest BCUT2D eigenvalue weighted by atomic mass is 19.1. The highest BCUT2D eigenvalue weighted by Crippen LogP contribution is 2.26. The molecule has 0 radical (unpaired) electrons. The van der Waals surface area contributed by atoms with Gasteiger partial charge in [-0.3, -0.25) is 10.1 Å². The summed E-state index contributed by atoms with van der Waals surface area (Å²) in [5.41, 5.74) is 1.19. The zero-order valence-corrected chi connectivity index (χ0v) is 11.6. The minimum absolute atomic E-state index is 0.000800. The molecule has 0 bridgehead atoms. The van der Waals surface area contributed by atoms with Crippen molar-refractivity contribution >= 4 is 11.4 Å². The van der Waals surface area contributed by atoms with Crippen molar-refractivity contribution in [1.82, 2.24) is 0 Å². The maximum Gasteiger partial charge on any atom is 0.272 e. The molecule has 0 saturated heterocycles. The van der Waals surface area contributed by atoms with Gasteiger partial charge in [-0.1, -0.05) is 12.1 Å². The van der Waals surface area contributed by atoms with E-state index in [9.17, 15) is 18.9 Å². The molecule has 1 atom stereocenters. The van der Waals surface area contributed by atoms with Gasteiger partial charge in [0.2, 0.25) is 0 Å². The van der Waals surface area contributed by atoms with Gasteiger partial charge in [0.25, 0.3) is 5.69 Å². The molecular formula is C15H14F2N2O2. The second-order valence-electron chi connectivity index (χ2n) is 4.79. The van der Waals surface area contributed by atoms with Gasteiger partial charge in [-0.05, 0) is 37.6 Å². The van der Waals surface area contributed by atoms with Crippen molar-refractivity contribution < 1.29 is 13.7 Å². The summed E-state index contributed by atoms with van der Waals surface area (Å²) in [7, 11) is 0. The third-order valence-corrected chi connectivity index (χ3v) is 3.23. The van der Waals surface area contributed by atoms with Crippen molar-refractivity contribution in [2.24, 2.45) is 0 Å². The zero-order valence-electron chi connectivity index (χ0n) is 11.6. The number of nitro benzene ring substituents is 1. The quantitative estimate of drug-likeness (QED) is 0.673. The van der Waals surface area contributed by atoms with Crippen molar-refractivity contribution in [3.63, 3.8) is 0 Å². The lowest BCUT2D eigenvalue weighted by Crippen LogP contribution is -2.09. The average molecular weight is 292 g/mol. The van der Waals surface area contributed by atoms with E-state index in [2.05, 4.69) is 5.32 Å². The number of rotatable bonds is 4. The SMILES string of the molecule is Cc1ccc(C(C)Nc2cc(F)ccc2F)cc1[N+](=O)[O-]. The van der Waals surface area contributed by atoms with Gasteiger partial charge in [-0.25, -0.2) is 8.78 Å². The molecule has 0 fully saturated rings. The number of nitrogens with zero attached hydrogens (tertiary/aromatic N) is 1. The second-order valence-corrected chi connectivity index (χ2v) is 4.79. The fourth-order valence-electron chi connectivity index (χ4n) is 2.02. The number of benzene rings is 2. The first-order chi connectivity index (χ1) is 9.88. The number of halogens is 2. The molecule has 2 rings (SSSR count). The van der Waals surface area contributed by atoms with Gasteiger partial charge in [0.15, 0.2) is 0 Å². The van der Waals surface area contributed by atoms with Crippen LogP contribution in [-0.4, -0.2) is 4.92 Å². The number of hydrogen-bond donors (Lipinski definition) is 1. The van der Waals surface area contributed by atoms with Gasteiger partial charge in [-0.15, -0.1) is 0 Å². The van der Waals surface area contributed by atoms with Crippen LogP contribution in [0.5, 0.6) is 0 Å². The molecule has 2 aromatic rings. The molecular weight excluding hydrogens is 278 g/mol. The first-order valence-corrected chi connectivity index (χ1v) is 6.35. The van der Waals surface area contributed by atoms with Crippen LogP contribution in [0.1, 0.15) is 24.1 Å². The third kappa shape index (κ3) is 3.34. The lowest BCUT2D eigenvalue weighted by atomic mass is 10.0. The molecule has 0 spiro atoms. The summed E-state index contributed by atoms with van der Waals surface area (Å²) in [5, 5.41) is 13.7. The Labute approximate surface area is 120 Å². The summed E-state index contributed by atoms with van der Waals surface area (Å²) in [4.78, 5) is 10.5. The minimum Gasteiger partial charge on any atom is -0.376 e. The van der Waals surface area contributed by atoms with Gasteiger partial charge in [0, 0.05) is 17.7 Å². The summed E-state index contributed by atoms with van der Waals surface area (Å²) < 4.78 is 26.7. The van der Waals surface area contributed by atoms with Crippen LogP contribution in [0.25, 0.3) is 0 Å². The van der Waals surface area contributed by atoms with E-state index in [0.29, 0.717) is 11.1 Å². The molecule has 1 unspecified atom stereocenters. The van der Waals surface area contributed by atoms with Crippen molar-refractivity contribution in [2.75, 3.05) is 5.32 Å². The van der Waals surface area contributed by atoms with Crippen LogP contribution in [-0.2, 0) is 0 Å². The van der Waals surface area contributed by atoms with Gasteiger partial charge in [0.05, 0.1) is 10.6 Å². The lowest BCUT2D eigenvalue weighted by Gasteiger charge is -2.16. The fourth-order valence-corrected chi connectivity index (χ4v) is 2.02. The summed E-state index contributed by atoms with van der Waals surface area (Å²) >= 11 is 0. The van der Waals surface area contributed by atoms with Gasteiger partial charge < -0.3 is 5.32 Å². The van der Waals surface area contributed by atoms with Crippen molar-refractivity contribution in [3.05, 3.63) is 69.3 Å². The zero-order chi connectivity index (χ0) is 15.6. The van der Waals surface area contributed by atoms with Crippen LogP contribution < -0.4 is 5.32 Å². The summed E-state index contributed by atoms with van der Waals surface area (Å²) in [6.07, 6.45) is 0. The van der Waals surface area contributed by atoms with Crippen LogP contribution in [0.15, 0.2) is 36.4 Å². The van der Waals surface area contributed by atoms with Crippen molar-refractivity contribution in [2.45, 2.75) is 19.9 Å². The predicted octanol–water partition coefficient (Wildman–Crippen LogP) is 4.35. The van der Waals surface area contributed by atoms with E-state index in [1.165, 1.54) is 6.07 Å². The maximum atomic E-state index is 13.6. The number of nitro groups is 1. The van der Waals surface area contributed by atoms with Gasteiger partial charge in [0.1, 0.15) is 11.6 Å². The Kier molecular flexibility index (Phi) is 4.16. The molecule has 110 valence electrons. The molecule has 0 aliphatic carbocycles. The minimum atomic E-state index is -0.579. The molecule has 0 heterocycles. The second kappa shape index (κ2) is 5.87. The number of aryl methyl sites for hydroxylation is 1. The highest BCUT2D eigenvalue weighted by molar-refractivity contribution is 5.49. The molecule has 6 heteroatoms. The number of anilines is 1. The Morgan fingerprint density at radius 3 is 2.57 bits per heavy atom. The van der Waals surface area contributed by atoms with Crippen molar-refractivity contribution in [3.8, 4) is 0 Å². The third-order valence-electron chi connectivity index (χ3n) is 3.23. The van der Waals surface area contributed by atoms with Gasteiger partial charge in [-0.2, -0.15) is 0 Å². The number of hydrogen-bond acceptors (Lipinski definition) is 3. The van der Waals surface area contributed by atoms with Crippen LogP contribution in [0.4, 0.5) is 20.2 Å². The van der Waals surface area contributed by atoms with E-state index in [1.807, 2.05) is 0 Å². The summed E-state index contributed by atoms with van der Waals surface area (Å²) in [6, 6.07) is 7.49. The Morgan fingerprint density at radius 2 is 1.90 bits per heavy atom. The topological polar surface area (TPSA) is 55.2 Å². The summed E-state index contributed by atoms with van der Waals surface area (Å²) in [5.74, 6) is -1.13. The Hall–Kier alpha value is -2.50. The Balaban J connectivity index is 2.28. The average Bonchev–Trinajstić information content (AvgIpc) is 2.43. The van der Waals surface area contributed by atoms with E-state index in [1.54, 1.807) is 26.0 Å². The molecule has 2 aromatic carbocycles. The van der Waals surface area contributed by atoms with Crippen molar-refractivity contribution in [1.29, 1.82) is 0 Å². The molecule has 0 amide bonds. The number of nitrogens with one attached hydrogen (secondary N) is 1. The van der Waals surface area contributed by atoms with E-state index >= 15 is 0 Å². The molecule has 0 aliphatic heterocycles. The fraction of sp³-hybridized carbons (Fsp3) is 0.200. The van der Waals surface area contributed by atoms with Crippen LogP contribution in [0.2, 0.25) is 0 Å². The lowest BCUT2D eigenvalue weighted by molar-refractivity contribution is -0.385. The largest absolute Gasteiger partial charge is 0.376 e. The smallest absolute Gasteiger partial charge is 0.272 e. The van der Waals surface area contributed by atoms with Crippen LogP contribution in [0.3, 0.4) is 0 Å². The van der Waals surface area contributed by atoms with Crippen LogP contribution in [0, 0.1) is 28.7 Å². The highest BCUT2D eigenvalue weighted by Gasteiger charge is 2.15. The Morgan fingerprint density at radius 1 is 1.19 bits per heavy atom. The van der Waals surface area contributed by atoms with Crippen LogP contribution >= 0.6 is 0 Å². The molecule has 1 N–H and O–H groups in total. The molecule has 0 saturated carbocycles. The first kappa shape index (κ1) is 14.9. The Bertz CT molecular complexity index is 689. The van der Waals surface area contributed by atoms with E-state index in [0.717, 1.165) is 18.2 Å². The van der Waals surface area contributed by atoms with E-state index < -0.39 is 22.6 Å². The van der Waals surface area contributed by atoms with E-state index in [-0.39, 0.29) is 11.4 Å². The molecule has 21 heavy (non-hydrogen) atoms.